The number of para-hydroxylation sites is 1. The van der Waals surface area contributed by atoms with Gasteiger partial charge < -0.3 is 24.6 Å². The van der Waals surface area contributed by atoms with Crippen molar-refractivity contribution in [2.24, 2.45) is 5.92 Å². The molecule has 114 valence electrons. The molecule has 1 unspecified atom stereocenters. The minimum atomic E-state index is 0.0919. The molecule has 0 fully saturated rings. The van der Waals surface area contributed by atoms with E-state index in [1.165, 1.54) is 0 Å². The third-order valence-corrected chi connectivity index (χ3v) is 2.90. The molecule has 0 heterocycles. The van der Waals surface area contributed by atoms with Crippen molar-refractivity contribution < 1.29 is 19.3 Å². The number of methoxy groups -OCH3 is 2. The van der Waals surface area contributed by atoms with Gasteiger partial charge >= 0.3 is 0 Å². The van der Waals surface area contributed by atoms with E-state index >= 15 is 0 Å². The Morgan fingerprint density at radius 3 is 2.75 bits per heavy atom. The Hall–Kier alpha value is -1.30. The molecule has 5 heteroatoms. The highest BCUT2D eigenvalue weighted by atomic mass is 16.5. The molecule has 1 aromatic rings. The average molecular weight is 283 g/mol. The van der Waals surface area contributed by atoms with E-state index in [0.717, 1.165) is 17.9 Å². The zero-order chi connectivity index (χ0) is 14.8. The van der Waals surface area contributed by atoms with Crippen molar-refractivity contribution in [2.75, 3.05) is 40.6 Å². The summed E-state index contributed by atoms with van der Waals surface area (Å²) in [4.78, 5) is 0. The van der Waals surface area contributed by atoms with E-state index in [1.807, 2.05) is 25.1 Å². The van der Waals surface area contributed by atoms with Crippen LogP contribution in [-0.4, -0.2) is 45.7 Å². The number of ether oxygens (including phenoxy) is 3. The number of aliphatic hydroxyl groups is 1. The summed E-state index contributed by atoms with van der Waals surface area (Å²) in [5.41, 5.74) is 1.03. The second-order valence-corrected chi connectivity index (χ2v) is 4.72. The summed E-state index contributed by atoms with van der Waals surface area (Å²) in [6.45, 7) is 4.63. The van der Waals surface area contributed by atoms with Gasteiger partial charge in [-0.15, -0.1) is 0 Å². The second kappa shape index (κ2) is 9.58. The molecular weight excluding hydrogens is 258 g/mol. The van der Waals surface area contributed by atoms with Crippen LogP contribution in [0.5, 0.6) is 11.5 Å². The molecule has 0 amide bonds. The molecule has 0 spiro atoms. The van der Waals surface area contributed by atoms with E-state index in [4.69, 9.17) is 19.3 Å². The fourth-order valence-corrected chi connectivity index (χ4v) is 1.70. The second-order valence-electron chi connectivity index (χ2n) is 4.72. The summed E-state index contributed by atoms with van der Waals surface area (Å²) < 4.78 is 16.2. The van der Waals surface area contributed by atoms with Crippen LogP contribution in [0.15, 0.2) is 18.2 Å². The van der Waals surface area contributed by atoms with E-state index in [0.29, 0.717) is 25.5 Å². The number of aliphatic hydroxyl groups excluding tert-OH is 1. The molecule has 0 saturated heterocycles. The first-order valence-electron chi connectivity index (χ1n) is 6.82. The third-order valence-electron chi connectivity index (χ3n) is 2.90. The zero-order valence-corrected chi connectivity index (χ0v) is 12.5. The highest BCUT2D eigenvalue weighted by molar-refractivity contribution is 5.46. The SMILES string of the molecule is COCCNCc1cccc(OC)c1OCC(C)CO. The molecule has 1 atom stereocenters. The molecule has 0 radical (unpaired) electrons. The Kier molecular flexibility index (Phi) is 8.02. The lowest BCUT2D eigenvalue weighted by atomic mass is 10.1. The van der Waals surface area contributed by atoms with Crippen LogP contribution in [0, 0.1) is 5.92 Å². The molecule has 0 saturated carbocycles. The number of rotatable bonds is 10. The van der Waals surface area contributed by atoms with Gasteiger partial charge in [0.15, 0.2) is 11.5 Å². The first-order valence-corrected chi connectivity index (χ1v) is 6.82. The lowest BCUT2D eigenvalue weighted by Gasteiger charge is -2.17. The van der Waals surface area contributed by atoms with Crippen molar-refractivity contribution >= 4 is 0 Å². The minimum Gasteiger partial charge on any atom is -0.493 e. The maximum absolute atomic E-state index is 9.07. The molecule has 1 rings (SSSR count). The smallest absolute Gasteiger partial charge is 0.165 e. The van der Waals surface area contributed by atoms with Gasteiger partial charge in [-0.05, 0) is 6.07 Å². The van der Waals surface area contributed by atoms with Crippen LogP contribution in [0.25, 0.3) is 0 Å². The maximum Gasteiger partial charge on any atom is 0.165 e. The number of nitrogens with one attached hydrogen (secondary N) is 1. The van der Waals surface area contributed by atoms with Crippen LogP contribution in [0.4, 0.5) is 0 Å². The normalized spacial score (nSPS) is 12.2. The van der Waals surface area contributed by atoms with Crippen molar-refractivity contribution in [3.05, 3.63) is 23.8 Å². The monoisotopic (exact) mass is 283 g/mol. The van der Waals surface area contributed by atoms with Crippen LogP contribution in [-0.2, 0) is 11.3 Å². The van der Waals surface area contributed by atoms with Gasteiger partial charge in [0.1, 0.15) is 0 Å². The van der Waals surface area contributed by atoms with Crippen molar-refractivity contribution in [3.63, 3.8) is 0 Å². The van der Waals surface area contributed by atoms with Gasteiger partial charge in [-0.3, -0.25) is 0 Å². The van der Waals surface area contributed by atoms with E-state index in [-0.39, 0.29) is 12.5 Å². The Morgan fingerprint density at radius 1 is 1.30 bits per heavy atom. The van der Waals surface area contributed by atoms with Crippen molar-refractivity contribution in [1.82, 2.24) is 5.32 Å². The largest absolute Gasteiger partial charge is 0.493 e. The van der Waals surface area contributed by atoms with E-state index in [1.54, 1.807) is 14.2 Å². The number of hydrogen-bond donors (Lipinski definition) is 2. The predicted octanol–water partition coefficient (Wildman–Crippen LogP) is 1.44. The first kappa shape index (κ1) is 16.8. The third kappa shape index (κ3) is 5.36. The van der Waals surface area contributed by atoms with E-state index in [2.05, 4.69) is 5.32 Å². The van der Waals surface area contributed by atoms with Gasteiger partial charge in [-0.1, -0.05) is 19.1 Å². The Balaban J connectivity index is 2.70. The van der Waals surface area contributed by atoms with Crippen LogP contribution >= 0.6 is 0 Å². The molecular formula is C15H25NO4. The van der Waals surface area contributed by atoms with Gasteiger partial charge in [0.05, 0.1) is 20.3 Å². The van der Waals surface area contributed by atoms with Crippen molar-refractivity contribution in [1.29, 1.82) is 0 Å². The maximum atomic E-state index is 9.07. The van der Waals surface area contributed by atoms with Crippen molar-refractivity contribution in [3.8, 4) is 11.5 Å². The summed E-state index contributed by atoms with van der Waals surface area (Å²) in [6, 6.07) is 5.81. The Labute approximate surface area is 120 Å². The fourth-order valence-electron chi connectivity index (χ4n) is 1.70. The molecule has 0 aliphatic heterocycles. The fraction of sp³-hybridized carbons (Fsp3) is 0.600. The minimum absolute atomic E-state index is 0.0919. The van der Waals surface area contributed by atoms with Gasteiger partial charge in [-0.25, -0.2) is 0 Å². The van der Waals surface area contributed by atoms with Crippen LogP contribution < -0.4 is 14.8 Å². The molecule has 0 bridgehead atoms. The summed E-state index contributed by atoms with van der Waals surface area (Å²) in [6.07, 6.45) is 0. The molecule has 5 nitrogen and oxygen atoms in total. The molecule has 0 aromatic heterocycles. The summed E-state index contributed by atoms with van der Waals surface area (Å²) >= 11 is 0. The zero-order valence-electron chi connectivity index (χ0n) is 12.5. The topological polar surface area (TPSA) is 60.0 Å². The summed E-state index contributed by atoms with van der Waals surface area (Å²) in [5.74, 6) is 1.54. The van der Waals surface area contributed by atoms with Crippen LogP contribution in [0.2, 0.25) is 0 Å². The van der Waals surface area contributed by atoms with E-state index in [9.17, 15) is 0 Å². The summed E-state index contributed by atoms with van der Waals surface area (Å²) in [7, 11) is 3.30. The van der Waals surface area contributed by atoms with E-state index < -0.39 is 0 Å². The highest BCUT2D eigenvalue weighted by Gasteiger charge is 2.12. The molecule has 20 heavy (non-hydrogen) atoms. The van der Waals surface area contributed by atoms with Gasteiger partial charge in [-0.2, -0.15) is 0 Å². The average Bonchev–Trinajstić information content (AvgIpc) is 2.49. The molecule has 1 aromatic carbocycles. The lowest BCUT2D eigenvalue weighted by Crippen LogP contribution is -2.20. The summed E-state index contributed by atoms with van der Waals surface area (Å²) in [5, 5.41) is 12.4. The lowest BCUT2D eigenvalue weighted by molar-refractivity contribution is 0.170. The van der Waals surface area contributed by atoms with Crippen LogP contribution in [0.3, 0.4) is 0 Å². The number of benzene rings is 1. The van der Waals surface area contributed by atoms with Crippen molar-refractivity contribution in [2.45, 2.75) is 13.5 Å². The van der Waals surface area contributed by atoms with Gasteiger partial charge in [0, 0.05) is 38.3 Å². The predicted molar refractivity (Wildman–Crippen MR) is 78.3 cm³/mol. The number of hydrogen-bond acceptors (Lipinski definition) is 5. The molecule has 0 aliphatic rings. The Morgan fingerprint density at radius 2 is 2.10 bits per heavy atom. The molecule has 0 aliphatic carbocycles. The first-order chi connectivity index (χ1) is 9.72. The molecule has 2 N–H and O–H groups in total. The van der Waals surface area contributed by atoms with Crippen LogP contribution in [0.1, 0.15) is 12.5 Å². The standard InChI is InChI=1S/C15H25NO4/c1-12(10-17)11-20-15-13(9-16-7-8-18-2)5-4-6-14(15)19-3/h4-6,12,16-17H,7-11H2,1-3H3. The highest BCUT2D eigenvalue weighted by Crippen LogP contribution is 2.31. The quantitative estimate of drug-likeness (QED) is 0.636. The van der Waals surface area contributed by atoms with Gasteiger partial charge in [0.2, 0.25) is 0 Å². The van der Waals surface area contributed by atoms with Gasteiger partial charge in [0.25, 0.3) is 0 Å². The Bertz CT molecular complexity index is 384.